The lowest BCUT2D eigenvalue weighted by Gasteiger charge is -2.04. The first kappa shape index (κ1) is 9.37. The van der Waals surface area contributed by atoms with Crippen molar-refractivity contribution in [3.63, 3.8) is 0 Å². The molecule has 0 amide bonds. The molecule has 0 unspecified atom stereocenters. The minimum atomic E-state index is 0.669. The molecule has 0 saturated carbocycles. The van der Waals surface area contributed by atoms with Gasteiger partial charge in [0.15, 0.2) is 0 Å². The van der Waals surface area contributed by atoms with Crippen molar-refractivity contribution in [3.05, 3.63) is 35.2 Å². The van der Waals surface area contributed by atoms with Crippen molar-refractivity contribution in [1.82, 2.24) is 15.3 Å². The molecule has 0 radical (unpaired) electrons. The smallest absolute Gasteiger partial charge is 0.116 e. The van der Waals surface area contributed by atoms with Crippen molar-refractivity contribution in [1.29, 1.82) is 0 Å². The zero-order valence-electron chi connectivity index (χ0n) is 7.79. The van der Waals surface area contributed by atoms with Crippen LogP contribution in [0.15, 0.2) is 24.5 Å². The lowest BCUT2D eigenvalue weighted by molar-refractivity contribution is 0.795. The lowest BCUT2D eigenvalue weighted by Crippen LogP contribution is -2.07. The quantitative estimate of drug-likeness (QED) is 0.819. The number of hydrogen-bond acceptors (Lipinski definition) is 3. The molecule has 0 saturated heterocycles. The van der Waals surface area contributed by atoms with Crippen LogP contribution < -0.4 is 5.32 Å². The number of aromatic nitrogens is 2. The summed E-state index contributed by atoms with van der Waals surface area (Å²) >= 11 is 6.02. The summed E-state index contributed by atoms with van der Waals surface area (Å²) in [6, 6.07) is 5.72. The number of hydrogen-bond donors (Lipinski definition) is 1. The molecule has 3 nitrogen and oxygen atoms in total. The maximum absolute atomic E-state index is 6.02. The Hall–Kier alpha value is -1.19. The second-order valence-corrected chi connectivity index (χ2v) is 3.39. The normalized spacial score (nSPS) is 10.7. The van der Waals surface area contributed by atoms with Gasteiger partial charge in [0.05, 0.1) is 16.2 Å². The molecule has 0 bridgehead atoms. The van der Waals surface area contributed by atoms with E-state index < -0.39 is 0 Å². The van der Waals surface area contributed by atoms with Crippen molar-refractivity contribution < 1.29 is 0 Å². The molecule has 1 aromatic heterocycles. The van der Waals surface area contributed by atoms with Crippen LogP contribution in [0.1, 0.15) is 5.69 Å². The van der Waals surface area contributed by atoms with E-state index in [1.54, 1.807) is 6.33 Å². The van der Waals surface area contributed by atoms with E-state index in [9.17, 15) is 0 Å². The van der Waals surface area contributed by atoms with Crippen molar-refractivity contribution >= 4 is 22.5 Å². The summed E-state index contributed by atoms with van der Waals surface area (Å²) in [6.07, 6.45) is 1.54. The first-order valence-electron chi connectivity index (χ1n) is 4.35. The number of fused-ring (bicyclic) bond motifs is 1. The number of nitrogens with one attached hydrogen (secondary N) is 1. The van der Waals surface area contributed by atoms with Gasteiger partial charge in [-0.1, -0.05) is 23.7 Å². The second-order valence-electron chi connectivity index (χ2n) is 2.99. The molecule has 0 aliphatic carbocycles. The van der Waals surface area contributed by atoms with Crippen LogP contribution in [0.5, 0.6) is 0 Å². The zero-order valence-corrected chi connectivity index (χ0v) is 8.54. The third kappa shape index (κ3) is 1.56. The fourth-order valence-electron chi connectivity index (χ4n) is 1.41. The Labute approximate surface area is 87.1 Å². The maximum Gasteiger partial charge on any atom is 0.116 e. The van der Waals surface area contributed by atoms with E-state index in [4.69, 9.17) is 11.6 Å². The summed E-state index contributed by atoms with van der Waals surface area (Å²) in [4.78, 5) is 8.36. The summed E-state index contributed by atoms with van der Waals surface area (Å²) in [7, 11) is 1.89. The summed E-state index contributed by atoms with van der Waals surface area (Å²) in [5, 5.41) is 4.74. The number of rotatable bonds is 2. The van der Waals surface area contributed by atoms with Crippen LogP contribution in [0.25, 0.3) is 10.9 Å². The number of para-hydroxylation sites is 1. The molecule has 1 aromatic carbocycles. The predicted molar refractivity (Wildman–Crippen MR) is 57.3 cm³/mol. The van der Waals surface area contributed by atoms with Gasteiger partial charge in [-0.2, -0.15) is 0 Å². The Kier molecular flexibility index (Phi) is 2.61. The van der Waals surface area contributed by atoms with Crippen LogP contribution in [0.3, 0.4) is 0 Å². The number of nitrogens with zero attached hydrogens (tertiary/aromatic N) is 2. The monoisotopic (exact) mass is 207 g/mol. The van der Waals surface area contributed by atoms with Gasteiger partial charge in [0.25, 0.3) is 0 Å². The molecule has 2 aromatic rings. The molecule has 14 heavy (non-hydrogen) atoms. The molecule has 2 rings (SSSR count). The van der Waals surface area contributed by atoms with Crippen LogP contribution in [0.4, 0.5) is 0 Å². The highest BCUT2D eigenvalue weighted by Crippen LogP contribution is 2.22. The van der Waals surface area contributed by atoms with Gasteiger partial charge in [-0.05, 0) is 13.1 Å². The van der Waals surface area contributed by atoms with Gasteiger partial charge in [0.1, 0.15) is 6.33 Å². The van der Waals surface area contributed by atoms with E-state index in [-0.39, 0.29) is 0 Å². The van der Waals surface area contributed by atoms with Crippen molar-refractivity contribution in [2.24, 2.45) is 0 Å². The lowest BCUT2D eigenvalue weighted by atomic mass is 10.2. The van der Waals surface area contributed by atoms with E-state index in [2.05, 4.69) is 15.3 Å². The molecule has 0 fully saturated rings. The van der Waals surface area contributed by atoms with Gasteiger partial charge in [0, 0.05) is 11.9 Å². The van der Waals surface area contributed by atoms with Gasteiger partial charge >= 0.3 is 0 Å². The minimum absolute atomic E-state index is 0.669. The molecule has 0 aliphatic heterocycles. The number of halogens is 1. The molecule has 4 heteroatoms. The topological polar surface area (TPSA) is 37.8 Å². The average Bonchev–Trinajstić information content (AvgIpc) is 2.20. The van der Waals surface area contributed by atoms with Crippen molar-refractivity contribution in [2.45, 2.75) is 6.54 Å². The van der Waals surface area contributed by atoms with Crippen LogP contribution in [0, 0.1) is 0 Å². The summed E-state index contributed by atoms with van der Waals surface area (Å²) < 4.78 is 0. The van der Waals surface area contributed by atoms with Crippen molar-refractivity contribution in [2.75, 3.05) is 7.05 Å². The summed E-state index contributed by atoms with van der Waals surface area (Å²) in [6.45, 7) is 0.722. The third-order valence-electron chi connectivity index (χ3n) is 2.04. The Bertz CT molecular complexity index is 456. The Morgan fingerprint density at radius 2 is 2.21 bits per heavy atom. The Morgan fingerprint density at radius 1 is 1.36 bits per heavy atom. The third-order valence-corrected chi connectivity index (χ3v) is 2.35. The van der Waals surface area contributed by atoms with Gasteiger partial charge in [0.2, 0.25) is 0 Å². The summed E-state index contributed by atoms with van der Waals surface area (Å²) in [5.74, 6) is 0. The van der Waals surface area contributed by atoms with Crippen molar-refractivity contribution in [3.8, 4) is 0 Å². The summed E-state index contributed by atoms with van der Waals surface area (Å²) in [5.41, 5.74) is 1.79. The fourth-order valence-corrected chi connectivity index (χ4v) is 1.64. The van der Waals surface area contributed by atoms with Gasteiger partial charge in [-0.25, -0.2) is 9.97 Å². The van der Waals surface area contributed by atoms with Crippen LogP contribution in [-0.4, -0.2) is 17.0 Å². The van der Waals surface area contributed by atoms with Crippen LogP contribution in [0.2, 0.25) is 5.02 Å². The fraction of sp³-hybridized carbons (Fsp3) is 0.200. The molecule has 0 aliphatic rings. The van der Waals surface area contributed by atoms with Gasteiger partial charge in [-0.3, -0.25) is 0 Å². The zero-order chi connectivity index (χ0) is 9.97. The van der Waals surface area contributed by atoms with Gasteiger partial charge in [-0.15, -0.1) is 0 Å². The molecule has 1 N–H and O–H groups in total. The maximum atomic E-state index is 6.02. The minimum Gasteiger partial charge on any atom is -0.314 e. The van der Waals surface area contributed by atoms with Gasteiger partial charge < -0.3 is 5.32 Å². The molecule has 0 spiro atoms. The Morgan fingerprint density at radius 3 is 3.00 bits per heavy atom. The molecular weight excluding hydrogens is 198 g/mol. The highest BCUT2D eigenvalue weighted by atomic mass is 35.5. The first-order valence-corrected chi connectivity index (χ1v) is 4.73. The van der Waals surface area contributed by atoms with E-state index >= 15 is 0 Å². The van der Waals surface area contributed by atoms with E-state index in [0.717, 1.165) is 23.1 Å². The van der Waals surface area contributed by atoms with Crippen LogP contribution >= 0.6 is 11.6 Å². The Balaban J connectivity index is 2.68. The SMILES string of the molecule is CNCc1ncnc2c(Cl)cccc12. The first-order chi connectivity index (χ1) is 6.83. The van der Waals surface area contributed by atoms with E-state index in [1.807, 2.05) is 25.2 Å². The number of benzene rings is 1. The second kappa shape index (κ2) is 3.90. The predicted octanol–water partition coefficient (Wildman–Crippen LogP) is 2.00. The molecule has 72 valence electrons. The van der Waals surface area contributed by atoms with Crippen LogP contribution in [-0.2, 0) is 6.54 Å². The highest BCUT2D eigenvalue weighted by molar-refractivity contribution is 6.35. The van der Waals surface area contributed by atoms with E-state index in [0.29, 0.717) is 5.02 Å². The average molecular weight is 208 g/mol. The largest absolute Gasteiger partial charge is 0.314 e. The standard InChI is InChI=1S/C10H10ClN3/c1-12-5-9-7-3-2-4-8(11)10(7)14-6-13-9/h2-4,6,12H,5H2,1H3. The highest BCUT2D eigenvalue weighted by Gasteiger charge is 2.04. The molecule has 0 atom stereocenters. The van der Waals surface area contributed by atoms with E-state index in [1.165, 1.54) is 0 Å². The molecule has 1 heterocycles. The molecular formula is C10H10ClN3.